The summed E-state index contributed by atoms with van der Waals surface area (Å²) in [4.78, 5) is 14.2. The molecule has 2 aromatic carbocycles. The van der Waals surface area contributed by atoms with E-state index >= 15 is 0 Å². The van der Waals surface area contributed by atoms with Crippen LogP contribution in [0.3, 0.4) is 0 Å². The van der Waals surface area contributed by atoms with Gasteiger partial charge in [-0.2, -0.15) is 0 Å². The van der Waals surface area contributed by atoms with Crippen LogP contribution in [0.1, 0.15) is 55.3 Å². The Kier molecular flexibility index (Phi) is 3.27. The highest BCUT2D eigenvalue weighted by molar-refractivity contribution is 6.09. The van der Waals surface area contributed by atoms with Crippen molar-refractivity contribution in [3.05, 3.63) is 71.3 Å². The highest BCUT2D eigenvalue weighted by atomic mass is 15.1. The molecule has 4 aliphatic rings. The molecule has 0 radical (unpaired) electrons. The zero-order valence-corrected chi connectivity index (χ0v) is 16.8. The average molecular weight is 390 g/mol. The topological polar surface area (TPSA) is 35.1 Å². The Balaban J connectivity index is 1.55. The van der Waals surface area contributed by atoms with Gasteiger partial charge in [-0.05, 0) is 56.1 Å². The first-order chi connectivity index (χ1) is 14.8. The molecular weight excluding hydrogens is 368 g/mol. The van der Waals surface area contributed by atoms with Crippen LogP contribution in [-0.2, 0) is 0 Å². The van der Waals surface area contributed by atoms with E-state index in [1.165, 1.54) is 48.6 Å². The van der Waals surface area contributed by atoms with E-state index in [0.717, 1.165) is 28.6 Å². The first-order valence-corrected chi connectivity index (χ1v) is 11.1. The lowest BCUT2D eigenvalue weighted by atomic mass is 9.67. The molecule has 4 aliphatic carbocycles. The standard InChI is InChI=1S/C26H22N4/c1-27-25-26(30-21-8-4-2-6-19(21)20-7-3-5-9-22(20)30)29-24-18-13-15-10-16(14-18)12-17(11-15)23(24)28-25/h2-9,15-18H,10-14H2. The molecule has 4 aromatic rings. The predicted octanol–water partition coefficient (Wildman–Crippen LogP) is 6.52. The molecule has 0 aliphatic heterocycles. The second-order valence-corrected chi connectivity index (χ2v) is 9.43. The molecule has 8 rings (SSSR count). The number of para-hydroxylation sites is 2. The number of aromatic nitrogens is 3. The molecule has 4 nitrogen and oxygen atoms in total. The van der Waals surface area contributed by atoms with Gasteiger partial charge in [0.1, 0.15) is 0 Å². The van der Waals surface area contributed by atoms with Crippen molar-refractivity contribution >= 4 is 27.6 Å². The molecule has 2 unspecified atom stereocenters. The summed E-state index contributed by atoms with van der Waals surface area (Å²) in [7, 11) is 0. The number of hydrogen-bond acceptors (Lipinski definition) is 2. The predicted molar refractivity (Wildman–Crippen MR) is 118 cm³/mol. The van der Waals surface area contributed by atoms with Crippen LogP contribution in [0.4, 0.5) is 5.82 Å². The molecule has 2 heterocycles. The third kappa shape index (κ3) is 2.15. The third-order valence-corrected chi connectivity index (χ3v) is 7.72. The maximum atomic E-state index is 7.92. The van der Waals surface area contributed by atoms with E-state index in [2.05, 4.69) is 57.9 Å². The summed E-state index contributed by atoms with van der Waals surface area (Å²) >= 11 is 0. The summed E-state index contributed by atoms with van der Waals surface area (Å²) in [6.45, 7) is 7.92. The van der Waals surface area contributed by atoms with Gasteiger partial charge in [0.2, 0.25) is 0 Å². The molecule has 0 N–H and O–H groups in total. The number of benzene rings is 2. The van der Waals surface area contributed by atoms with Gasteiger partial charge in [0.25, 0.3) is 0 Å². The quantitative estimate of drug-likeness (QED) is 0.347. The highest BCUT2D eigenvalue weighted by Crippen LogP contribution is 2.55. The SMILES string of the molecule is [C-]#[N+]c1nc2c(nc1-n1c3ccccc3c3ccccc31)C1CC3CC(CC2C3)C1. The molecule has 146 valence electrons. The van der Waals surface area contributed by atoms with Gasteiger partial charge in [0, 0.05) is 22.6 Å². The molecular formula is C26H22N4. The van der Waals surface area contributed by atoms with Crippen LogP contribution < -0.4 is 0 Å². The molecule has 4 heteroatoms. The maximum Gasteiger partial charge on any atom is 0.313 e. The van der Waals surface area contributed by atoms with E-state index in [-0.39, 0.29) is 0 Å². The number of rotatable bonds is 1. The summed E-state index contributed by atoms with van der Waals surface area (Å²) in [6.07, 6.45) is 6.36. The second kappa shape index (κ2) is 5.92. The molecule has 2 atom stereocenters. The Hall–Kier alpha value is -3.19. The minimum absolute atomic E-state index is 0.446. The van der Waals surface area contributed by atoms with Gasteiger partial charge in [-0.3, -0.25) is 0 Å². The molecule has 0 spiro atoms. The number of fused-ring (bicyclic) bond motifs is 3. The van der Waals surface area contributed by atoms with Gasteiger partial charge in [-0.25, -0.2) is 4.98 Å². The highest BCUT2D eigenvalue weighted by Gasteiger charge is 2.45. The molecule has 2 saturated carbocycles. The fraction of sp³-hybridized carbons (Fsp3) is 0.346. The summed E-state index contributed by atoms with van der Waals surface area (Å²) in [5.74, 6) is 3.80. The van der Waals surface area contributed by atoms with Crippen molar-refractivity contribution in [1.29, 1.82) is 0 Å². The van der Waals surface area contributed by atoms with Crippen LogP contribution in [0.15, 0.2) is 48.5 Å². The Labute approximate surface area is 175 Å². The molecule has 0 amide bonds. The zero-order chi connectivity index (χ0) is 19.8. The van der Waals surface area contributed by atoms with Crippen molar-refractivity contribution in [2.45, 2.75) is 43.9 Å². The fourth-order valence-corrected chi connectivity index (χ4v) is 6.72. The van der Waals surface area contributed by atoms with Crippen molar-refractivity contribution in [2.75, 3.05) is 0 Å². The second-order valence-electron chi connectivity index (χ2n) is 9.43. The van der Waals surface area contributed by atoms with E-state index in [9.17, 15) is 0 Å². The van der Waals surface area contributed by atoms with Gasteiger partial charge in [-0.1, -0.05) is 43.0 Å². The molecule has 2 aromatic heterocycles. The Morgan fingerprint density at radius 2 is 1.27 bits per heavy atom. The van der Waals surface area contributed by atoms with E-state index in [0.29, 0.717) is 23.5 Å². The lowest BCUT2D eigenvalue weighted by Crippen LogP contribution is -2.25. The fourth-order valence-electron chi connectivity index (χ4n) is 6.72. The number of nitrogens with zero attached hydrogens (tertiary/aromatic N) is 4. The van der Waals surface area contributed by atoms with Crippen molar-refractivity contribution in [2.24, 2.45) is 11.8 Å². The van der Waals surface area contributed by atoms with Crippen LogP contribution in [0, 0.1) is 18.4 Å². The van der Waals surface area contributed by atoms with Crippen LogP contribution in [0.25, 0.3) is 32.5 Å². The first-order valence-electron chi connectivity index (χ1n) is 11.1. The zero-order valence-electron chi connectivity index (χ0n) is 16.8. The summed E-state index contributed by atoms with van der Waals surface area (Å²) in [5.41, 5.74) is 4.52. The Morgan fingerprint density at radius 3 is 1.83 bits per heavy atom. The van der Waals surface area contributed by atoms with Crippen molar-refractivity contribution in [3.63, 3.8) is 0 Å². The summed E-state index contributed by atoms with van der Waals surface area (Å²) in [5, 5.41) is 2.39. The molecule has 2 fully saturated rings. The maximum absolute atomic E-state index is 7.92. The lowest BCUT2D eigenvalue weighted by Gasteiger charge is -2.37. The minimum Gasteiger partial charge on any atom is -0.358 e. The molecule has 30 heavy (non-hydrogen) atoms. The van der Waals surface area contributed by atoms with Crippen LogP contribution >= 0.6 is 0 Å². The van der Waals surface area contributed by atoms with Gasteiger partial charge in [0.15, 0.2) is 11.5 Å². The normalized spacial score (nSPS) is 26.6. The molecule has 0 saturated heterocycles. The monoisotopic (exact) mass is 390 g/mol. The minimum atomic E-state index is 0.446. The summed E-state index contributed by atoms with van der Waals surface area (Å²) in [6, 6.07) is 16.8. The Morgan fingerprint density at radius 1 is 0.733 bits per heavy atom. The smallest absolute Gasteiger partial charge is 0.313 e. The van der Waals surface area contributed by atoms with E-state index < -0.39 is 0 Å². The van der Waals surface area contributed by atoms with Gasteiger partial charge in [0.05, 0.1) is 16.7 Å². The van der Waals surface area contributed by atoms with Crippen molar-refractivity contribution in [1.82, 2.24) is 14.5 Å². The van der Waals surface area contributed by atoms with Crippen LogP contribution in [0.5, 0.6) is 0 Å². The van der Waals surface area contributed by atoms with Gasteiger partial charge < -0.3 is 9.41 Å². The first kappa shape index (κ1) is 16.6. The van der Waals surface area contributed by atoms with Gasteiger partial charge in [-0.15, -0.1) is 4.98 Å². The largest absolute Gasteiger partial charge is 0.358 e. The molecule has 4 bridgehead atoms. The third-order valence-electron chi connectivity index (χ3n) is 7.72. The van der Waals surface area contributed by atoms with Crippen LogP contribution in [-0.4, -0.2) is 14.5 Å². The average Bonchev–Trinajstić information content (AvgIpc) is 3.02. The van der Waals surface area contributed by atoms with Gasteiger partial charge >= 0.3 is 5.82 Å². The lowest BCUT2D eigenvalue weighted by molar-refractivity contribution is 0.164. The van der Waals surface area contributed by atoms with E-state index in [1.54, 1.807) is 0 Å². The van der Waals surface area contributed by atoms with Crippen molar-refractivity contribution < 1.29 is 0 Å². The summed E-state index contributed by atoms with van der Waals surface area (Å²) < 4.78 is 2.17. The van der Waals surface area contributed by atoms with Crippen LogP contribution in [0.2, 0.25) is 0 Å². The Bertz CT molecular complexity index is 1310. The van der Waals surface area contributed by atoms with Crippen molar-refractivity contribution in [3.8, 4) is 5.82 Å². The van der Waals surface area contributed by atoms with E-state index in [1.807, 2.05) is 0 Å². The van der Waals surface area contributed by atoms with E-state index in [4.69, 9.17) is 16.5 Å². The number of hydrogen-bond donors (Lipinski definition) is 0.